The van der Waals surface area contributed by atoms with Crippen LogP contribution in [0.1, 0.15) is 47.0 Å². The van der Waals surface area contributed by atoms with Gasteiger partial charge in [-0.3, -0.25) is 19.2 Å². The lowest BCUT2D eigenvalue weighted by atomic mass is 10.0. The molecule has 7 N–H and O–H groups in total. The van der Waals surface area contributed by atoms with E-state index < -0.39 is 60.2 Å². The van der Waals surface area contributed by atoms with Crippen LogP contribution in [0, 0.1) is 11.8 Å². The minimum atomic E-state index is -1.65. The zero-order chi connectivity index (χ0) is 24.3. The first kappa shape index (κ1) is 28.7. The predicted molar refractivity (Wildman–Crippen MR) is 116 cm³/mol. The van der Waals surface area contributed by atoms with Crippen molar-refractivity contribution in [1.82, 2.24) is 16.0 Å². The smallest absolute Gasteiger partial charge is 0.326 e. The molecule has 0 aliphatic carbocycles. The maximum atomic E-state index is 12.6. The fraction of sp³-hybridized carbons (Fsp3) is 0.737. The Hall–Kier alpha value is -2.34. The van der Waals surface area contributed by atoms with Crippen LogP contribution in [-0.4, -0.2) is 69.8 Å². The van der Waals surface area contributed by atoms with Crippen molar-refractivity contribution >= 4 is 42.3 Å². The lowest BCUT2D eigenvalue weighted by molar-refractivity contribution is -0.147. The van der Waals surface area contributed by atoms with Crippen LogP contribution in [0.3, 0.4) is 0 Å². The van der Waals surface area contributed by atoms with Crippen molar-refractivity contribution in [3.8, 4) is 0 Å². The minimum absolute atomic E-state index is 0.0534. The van der Waals surface area contributed by atoms with Gasteiger partial charge in [0, 0.05) is 5.75 Å². The van der Waals surface area contributed by atoms with E-state index in [0.29, 0.717) is 6.42 Å². The van der Waals surface area contributed by atoms with Crippen molar-refractivity contribution in [3.63, 3.8) is 0 Å². The molecule has 0 radical (unpaired) electrons. The Labute approximate surface area is 187 Å². The molecule has 0 unspecified atom stereocenters. The number of carboxylic acid groups (broad SMARTS) is 2. The number of carbonyl (C=O) groups excluding carboxylic acids is 3. The first-order valence-electron chi connectivity index (χ1n) is 10.0. The first-order valence-corrected chi connectivity index (χ1v) is 10.6. The van der Waals surface area contributed by atoms with Gasteiger partial charge in [0.05, 0.1) is 12.5 Å². The predicted octanol–water partition coefficient (Wildman–Crippen LogP) is -0.651. The van der Waals surface area contributed by atoms with Crippen molar-refractivity contribution < 1.29 is 34.2 Å². The van der Waals surface area contributed by atoms with Crippen LogP contribution in [0.25, 0.3) is 0 Å². The highest BCUT2D eigenvalue weighted by molar-refractivity contribution is 7.80. The molecule has 0 aromatic rings. The Morgan fingerprint density at radius 1 is 0.774 bits per heavy atom. The van der Waals surface area contributed by atoms with Gasteiger partial charge in [0.25, 0.3) is 0 Å². The normalized spacial score (nSPS) is 15.0. The third-order valence-corrected chi connectivity index (χ3v) is 4.58. The molecule has 0 aliphatic rings. The first-order chi connectivity index (χ1) is 14.3. The lowest BCUT2D eigenvalue weighted by Crippen LogP contribution is -2.58. The van der Waals surface area contributed by atoms with Crippen molar-refractivity contribution in [2.45, 2.75) is 71.1 Å². The maximum Gasteiger partial charge on any atom is 0.326 e. The number of carboxylic acids is 2. The molecule has 0 saturated carbocycles. The van der Waals surface area contributed by atoms with E-state index in [-0.39, 0.29) is 24.0 Å². The van der Waals surface area contributed by atoms with Crippen LogP contribution >= 0.6 is 12.6 Å². The third-order valence-electron chi connectivity index (χ3n) is 4.21. The number of hydrogen-bond acceptors (Lipinski definition) is 7. The van der Waals surface area contributed by atoms with Crippen molar-refractivity contribution in [2.24, 2.45) is 17.6 Å². The van der Waals surface area contributed by atoms with Gasteiger partial charge in [0.15, 0.2) is 0 Å². The van der Waals surface area contributed by atoms with Gasteiger partial charge in [-0.1, -0.05) is 27.7 Å². The molecule has 178 valence electrons. The zero-order valence-corrected chi connectivity index (χ0v) is 19.1. The fourth-order valence-electron chi connectivity index (χ4n) is 2.71. The van der Waals surface area contributed by atoms with Gasteiger partial charge in [0.2, 0.25) is 17.7 Å². The average Bonchev–Trinajstić information content (AvgIpc) is 2.62. The number of nitrogens with two attached hydrogens (primary N) is 1. The van der Waals surface area contributed by atoms with E-state index >= 15 is 0 Å². The van der Waals surface area contributed by atoms with E-state index in [0.717, 1.165) is 0 Å². The molecule has 0 aliphatic heterocycles. The summed E-state index contributed by atoms with van der Waals surface area (Å²) in [7, 11) is 0. The Kier molecular flexibility index (Phi) is 12.8. The molecule has 0 fully saturated rings. The van der Waals surface area contributed by atoms with Crippen LogP contribution in [-0.2, 0) is 24.0 Å². The second-order valence-corrected chi connectivity index (χ2v) is 8.53. The molecule has 31 heavy (non-hydrogen) atoms. The molecule has 4 atom stereocenters. The number of thiol groups is 1. The highest BCUT2D eigenvalue weighted by Gasteiger charge is 2.31. The van der Waals surface area contributed by atoms with Gasteiger partial charge in [-0.25, -0.2) is 4.79 Å². The van der Waals surface area contributed by atoms with Crippen LogP contribution < -0.4 is 21.7 Å². The van der Waals surface area contributed by atoms with Gasteiger partial charge >= 0.3 is 11.9 Å². The summed E-state index contributed by atoms with van der Waals surface area (Å²) in [5.41, 5.74) is 5.82. The summed E-state index contributed by atoms with van der Waals surface area (Å²) in [6, 6.07) is -4.65. The molecule has 0 heterocycles. The van der Waals surface area contributed by atoms with E-state index in [2.05, 4.69) is 28.6 Å². The summed E-state index contributed by atoms with van der Waals surface area (Å²) in [5, 5.41) is 25.1. The Bertz CT molecular complexity index is 657. The van der Waals surface area contributed by atoms with Crippen molar-refractivity contribution in [2.75, 3.05) is 5.75 Å². The highest BCUT2D eigenvalue weighted by Crippen LogP contribution is 2.08. The molecule has 0 aromatic heterocycles. The molecule has 12 heteroatoms. The summed E-state index contributed by atoms with van der Waals surface area (Å²) in [4.78, 5) is 59.5. The lowest BCUT2D eigenvalue weighted by Gasteiger charge is -2.25. The number of hydrogen-bond donors (Lipinski definition) is 7. The zero-order valence-electron chi connectivity index (χ0n) is 18.3. The molecule has 0 aromatic carbocycles. The molecular weight excluding hydrogens is 428 g/mol. The molecule has 0 spiro atoms. The third kappa shape index (κ3) is 11.6. The molecular formula is C19H34N4O7S. The van der Waals surface area contributed by atoms with E-state index in [1.807, 2.05) is 13.8 Å². The molecule has 0 bridgehead atoms. The van der Waals surface area contributed by atoms with Crippen molar-refractivity contribution in [1.29, 1.82) is 0 Å². The standard InChI is InChI=1S/C19H34N4O7S/c1-9(2)5-11(20)16(26)23-14(8-31)18(28)21-12(6-10(3)4)17(27)22-13(19(29)30)7-15(24)25/h9-14,31H,5-8,20H2,1-4H3,(H,21,28)(H,22,27)(H,23,26)(H,24,25)(H,29,30)/t11-,12-,13-,14-/m0/s1. The van der Waals surface area contributed by atoms with Crippen LogP contribution in [0.4, 0.5) is 0 Å². The largest absolute Gasteiger partial charge is 0.481 e. The second kappa shape index (κ2) is 13.9. The number of carbonyl (C=O) groups is 5. The van der Waals surface area contributed by atoms with Gasteiger partial charge in [-0.05, 0) is 24.7 Å². The Morgan fingerprint density at radius 2 is 1.23 bits per heavy atom. The Balaban J connectivity index is 5.27. The van der Waals surface area contributed by atoms with E-state index in [4.69, 9.17) is 15.9 Å². The number of rotatable bonds is 14. The Morgan fingerprint density at radius 3 is 1.65 bits per heavy atom. The summed E-state index contributed by atoms with van der Waals surface area (Å²) in [5.74, 6) is -4.89. The van der Waals surface area contributed by atoms with Gasteiger partial charge in [-0.2, -0.15) is 12.6 Å². The van der Waals surface area contributed by atoms with Crippen LogP contribution in [0.15, 0.2) is 0 Å². The minimum Gasteiger partial charge on any atom is -0.481 e. The summed E-state index contributed by atoms with van der Waals surface area (Å²) in [6.07, 6.45) is -0.227. The molecule has 0 rings (SSSR count). The number of nitrogens with one attached hydrogen (secondary N) is 3. The molecule has 0 saturated heterocycles. The summed E-state index contributed by atoms with van der Waals surface area (Å²) < 4.78 is 0. The van der Waals surface area contributed by atoms with Crippen LogP contribution in [0.2, 0.25) is 0 Å². The monoisotopic (exact) mass is 462 g/mol. The topological polar surface area (TPSA) is 188 Å². The van der Waals surface area contributed by atoms with Gasteiger partial charge in [0.1, 0.15) is 18.1 Å². The highest BCUT2D eigenvalue weighted by atomic mass is 32.1. The number of aliphatic carboxylic acids is 2. The molecule has 3 amide bonds. The van der Waals surface area contributed by atoms with E-state index in [1.54, 1.807) is 13.8 Å². The quantitative estimate of drug-likeness (QED) is 0.166. The summed E-state index contributed by atoms with van der Waals surface area (Å²) >= 11 is 4.07. The fourth-order valence-corrected chi connectivity index (χ4v) is 2.97. The molecule has 11 nitrogen and oxygen atoms in total. The van der Waals surface area contributed by atoms with Gasteiger partial charge in [-0.15, -0.1) is 0 Å². The van der Waals surface area contributed by atoms with E-state index in [9.17, 15) is 24.0 Å². The summed E-state index contributed by atoms with van der Waals surface area (Å²) in [6.45, 7) is 7.39. The maximum absolute atomic E-state index is 12.6. The SMILES string of the molecule is CC(C)C[C@H](NC(=O)[C@H](CS)NC(=O)[C@@H](N)CC(C)C)C(=O)N[C@@H](CC(=O)O)C(=O)O. The van der Waals surface area contributed by atoms with E-state index in [1.165, 1.54) is 0 Å². The average molecular weight is 463 g/mol. The number of amides is 3. The van der Waals surface area contributed by atoms with Crippen LogP contribution in [0.5, 0.6) is 0 Å². The van der Waals surface area contributed by atoms with Crippen molar-refractivity contribution in [3.05, 3.63) is 0 Å². The second-order valence-electron chi connectivity index (χ2n) is 8.17. The van der Waals surface area contributed by atoms with Gasteiger partial charge < -0.3 is 31.9 Å².